The van der Waals surface area contributed by atoms with Crippen molar-refractivity contribution in [3.63, 3.8) is 0 Å². The van der Waals surface area contributed by atoms with Crippen LogP contribution in [0.15, 0.2) is 4.52 Å². The number of ether oxygens (including phenoxy) is 2. The molecule has 0 aromatic carbocycles. The number of nitrogens with zero attached hydrogens (tertiary/aromatic N) is 4. The lowest BCUT2D eigenvalue weighted by Crippen LogP contribution is -2.32. The van der Waals surface area contributed by atoms with Gasteiger partial charge in [-0.3, -0.25) is 0 Å². The Kier molecular flexibility index (Phi) is 6.49. The summed E-state index contributed by atoms with van der Waals surface area (Å²) in [7, 11) is 3.59. The number of hydrogen-bond acceptors (Lipinski definition) is 7. The van der Waals surface area contributed by atoms with Crippen molar-refractivity contribution in [2.75, 3.05) is 20.3 Å². The van der Waals surface area contributed by atoms with E-state index in [9.17, 15) is 0 Å². The fourth-order valence-electron chi connectivity index (χ4n) is 3.65. The highest BCUT2D eigenvalue weighted by molar-refractivity contribution is 5.31. The van der Waals surface area contributed by atoms with Crippen molar-refractivity contribution in [3.8, 4) is 5.88 Å². The van der Waals surface area contributed by atoms with Crippen molar-refractivity contribution >= 4 is 0 Å². The van der Waals surface area contributed by atoms with E-state index in [4.69, 9.17) is 14.0 Å². The molecule has 1 fully saturated rings. The molecule has 0 bridgehead atoms. The van der Waals surface area contributed by atoms with Crippen LogP contribution in [0.1, 0.15) is 68.5 Å². The van der Waals surface area contributed by atoms with Gasteiger partial charge < -0.3 is 19.3 Å². The SMILES string of the molecule is CCc1nn(C)c(OC)c1CN[C@H](c1nc(C(C)C)no1)C1CCOCC1. The molecule has 1 N–H and O–H groups in total. The summed E-state index contributed by atoms with van der Waals surface area (Å²) in [5.41, 5.74) is 2.13. The average Bonchev–Trinajstić information content (AvgIpc) is 3.27. The predicted molar refractivity (Wildman–Crippen MR) is 101 cm³/mol. The van der Waals surface area contributed by atoms with Gasteiger partial charge in [-0.2, -0.15) is 10.1 Å². The molecule has 0 saturated carbocycles. The standard InChI is InChI=1S/C19H31N5O3/c1-6-15-14(19(25-5)24(4)22-15)11-20-16(13-7-9-26-10-8-13)18-21-17(12(2)3)23-27-18/h12-13,16,20H,6-11H2,1-5H3/t16-/m0/s1. The van der Waals surface area contributed by atoms with Crippen LogP contribution in [0.2, 0.25) is 0 Å². The van der Waals surface area contributed by atoms with Gasteiger partial charge in [0.15, 0.2) is 5.82 Å². The van der Waals surface area contributed by atoms with Crippen molar-refractivity contribution in [1.82, 2.24) is 25.2 Å². The van der Waals surface area contributed by atoms with Gasteiger partial charge in [0.05, 0.1) is 24.4 Å². The Balaban J connectivity index is 1.83. The molecule has 1 aliphatic rings. The van der Waals surface area contributed by atoms with E-state index in [1.165, 1.54) is 0 Å². The van der Waals surface area contributed by atoms with Crippen molar-refractivity contribution in [3.05, 3.63) is 23.0 Å². The second-order valence-corrected chi connectivity index (χ2v) is 7.37. The van der Waals surface area contributed by atoms with Crippen molar-refractivity contribution in [2.45, 2.75) is 58.5 Å². The summed E-state index contributed by atoms with van der Waals surface area (Å²) in [6.45, 7) is 8.42. The van der Waals surface area contributed by atoms with Crippen molar-refractivity contribution in [2.24, 2.45) is 13.0 Å². The molecule has 27 heavy (non-hydrogen) atoms. The second kappa shape index (κ2) is 8.84. The first-order valence-electron chi connectivity index (χ1n) is 9.78. The zero-order valence-electron chi connectivity index (χ0n) is 17.0. The highest BCUT2D eigenvalue weighted by Gasteiger charge is 2.31. The number of nitrogens with one attached hydrogen (secondary N) is 1. The van der Waals surface area contributed by atoms with Gasteiger partial charge in [0.2, 0.25) is 11.8 Å². The number of aromatic nitrogens is 4. The van der Waals surface area contributed by atoms with E-state index in [2.05, 4.69) is 41.3 Å². The molecule has 3 heterocycles. The summed E-state index contributed by atoms with van der Waals surface area (Å²) in [5.74, 6) is 2.83. The summed E-state index contributed by atoms with van der Waals surface area (Å²) in [4.78, 5) is 4.65. The van der Waals surface area contributed by atoms with Crippen LogP contribution in [0, 0.1) is 5.92 Å². The highest BCUT2D eigenvalue weighted by Crippen LogP contribution is 2.31. The van der Waals surface area contributed by atoms with E-state index >= 15 is 0 Å². The van der Waals surface area contributed by atoms with Gasteiger partial charge in [0.25, 0.3) is 0 Å². The molecule has 0 spiro atoms. The Bertz CT molecular complexity index is 734. The summed E-state index contributed by atoms with van der Waals surface area (Å²) >= 11 is 0. The molecular formula is C19H31N5O3. The minimum Gasteiger partial charge on any atom is -0.481 e. The van der Waals surface area contributed by atoms with Crippen LogP contribution < -0.4 is 10.1 Å². The molecule has 0 aliphatic carbocycles. The van der Waals surface area contributed by atoms with Crippen LogP contribution in [0.25, 0.3) is 0 Å². The van der Waals surface area contributed by atoms with Crippen molar-refractivity contribution < 1.29 is 14.0 Å². The quantitative estimate of drug-likeness (QED) is 0.757. The lowest BCUT2D eigenvalue weighted by atomic mass is 9.91. The van der Waals surface area contributed by atoms with E-state index in [0.29, 0.717) is 18.4 Å². The molecule has 0 radical (unpaired) electrons. The second-order valence-electron chi connectivity index (χ2n) is 7.37. The van der Waals surface area contributed by atoms with E-state index in [1.54, 1.807) is 11.8 Å². The topological polar surface area (TPSA) is 87.2 Å². The number of hydrogen-bond donors (Lipinski definition) is 1. The molecule has 1 aliphatic heterocycles. The third-order valence-corrected chi connectivity index (χ3v) is 5.18. The lowest BCUT2D eigenvalue weighted by molar-refractivity contribution is 0.0485. The molecule has 3 rings (SSSR count). The van der Waals surface area contributed by atoms with Gasteiger partial charge in [-0.05, 0) is 25.2 Å². The molecule has 8 heteroatoms. The van der Waals surface area contributed by atoms with Crippen LogP contribution in [0.3, 0.4) is 0 Å². The zero-order chi connectivity index (χ0) is 19.4. The van der Waals surface area contributed by atoms with E-state index in [1.807, 2.05) is 7.05 Å². The van der Waals surface area contributed by atoms with Crippen LogP contribution >= 0.6 is 0 Å². The smallest absolute Gasteiger partial charge is 0.244 e. The Labute approximate surface area is 160 Å². The third kappa shape index (κ3) is 4.32. The zero-order valence-corrected chi connectivity index (χ0v) is 17.0. The molecule has 2 aromatic heterocycles. The van der Waals surface area contributed by atoms with Gasteiger partial charge in [-0.1, -0.05) is 25.9 Å². The van der Waals surface area contributed by atoms with Crippen molar-refractivity contribution in [1.29, 1.82) is 0 Å². The largest absolute Gasteiger partial charge is 0.481 e. The first-order chi connectivity index (χ1) is 13.0. The number of methoxy groups -OCH3 is 1. The maximum Gasteiger partial charge on any atom is 0.244 e. The Morgan fingerprint density at radius 2 is 2.04 bits per heavy atom. The van der Waals surface area contributed by atoms with Crippen LogP contribution in [0.4, 0.5) is 0 Å². The first kappa shape index (κ1) is 19.8. The van der Waals surface area contributed by atoms with Gasteiger partial charge >= 0.3 is 0 Å². The molecule has 0 unspecified atom stereocenters. The molecule has 2 aromatic rings. The van der Waals surface area contributed by atoms with E-state index < -0.39 is 0 Å². The minimum atomic E-state index is -0.0106. The monoisotopic (exact) mass is 377 g/mol. The minimum absolute atomic E-state index is 0.0106. The van der Waals surface area contributed by atoms with Crippen LogP contribution in [0.5, 0.6) is 5.88 Å². The average molecular weight is 377 g/mol. The summed E-state index contributed by atoms with van der Waals surface area (Å²) < 4.78 is 18.5. The molecule has 1 atom stereocenters. The van der Waals surface area contributed by atoms with Gasteiger partial charge in [0.1, 0.15) is 0 Å². The van der Waals surface area contributed by atoms with E-state index in [0.717, 1.165) is 55.4 Å². The molecule has 0 amide bonds. The summed E-state index contributed by atoms with van der Waals surface area (Å²) in [5, 5.41) is 12.4. The highest BCUT2D eigenvalue weighted by atomic mass is 16.5. The van der Waals surface area contributed by atoms with E-state index in [-0.39, 0.29) is 12.0 Å². The lowest BCUT2D eigenvalue weighted by Gasteiger charge is -2.28. The maximum atomic E-state index is 5.63. The Morgan fingerprint density at radius 1 is 1.30 bits per heavy atom. The molecule has 8 nitrogen and oxygen atoms in total. The fourth-order valence-corrected chi connectivity index (χ4v) is 3.65. The fraction of sp³-hybridized carbons (Fsp3) is 0.737. The summed E-state index contributed by atoms with van der Waals surface area (Å²) in [6, 6.07) is -0.0106. The third-order valence-electron chi connectivity index (χ3n) is 5.18. The first-order valence-corrected chi connectivity index (χ1v) is 9.78. The Morgan fingerprint density at radius 3 is 2.63 bits per heavy atom. The van der Waals surface area contributed by atoms with Gasteiger partial charge in [-0.15, -0.1) is 0 Å². The van der Waals surface area contributed by atoms with Crippen LogP contribution in [-0.4, -0.2) is 40.2 Å². The maximum absolute atomic E-state index is 5.63. The van der Waals surface area contributed by atoms with Gasteiger partial charge in [0, 0.05) is 32.7 Å². The summed E-state index contributed by atoms with van der Waals surface area (Å²) in [6.07, 6.45) is 2.80. The molecule has 150 valence electrons. The van der Waals surface area contributed by atoms with Crippen LogP contribution in [-0.2, 0) is 24.8 Å². The normalized spacial score (nSPS) is 16.8. The number of aryl methyl sites for hydroxylation is 2. The predicted octanol–water partition coefficient (Wildman–Crippen LogP) is 2.76. The molecular weight excluding hydrogens is 346 g/mol. The molecule has 1 saturated heterocycles. The number of rotatable bonds is 8. The Hall–Kier alpha value is -1.93. The van der Waals surface area contributed by atoms with Gasteiger partial charge in [-0.25, -0.2) is 4.68 Å².